The maximum Gasteiger partial charge on any atom is 0.276 e. The van der Waals surface area contributed by atoms with Crippen LogP contribution in [0.15, 0.2) is 0 Å². The highest BCUT2D eigenvalue weighted by Gasteiger charge is 2.20. The SMILES string of the molecule is CCCCCCCCC(CC)C(=O)N(O)O. The van der Waals surface area contributed by atoms with E-state index in [0.717, 1.165) is 19.3 Å². The van der Waals surface area contributed by atoms with Crippen LogP contribution in [0.5, 0.6) is 0 Å². The summed E-state index contributed by atoms with van der Waals surface area (Å²) in [5.74, 6) is -0.836. The number of carbonyl (C=O) groups excluding carboxylic acids is 1. The molecule has 4 nitrogen and oxygen atoms in total. The van der Waals surface area contributed by atoms with Gasteiger partial charge in [0.25, 0.3) is 5.91 Å². The molecule has 1 amide bonds. The molecule has 1 unspecified atom stereocenters. The normalized spacial score (nSPS) is 12.5. The third-order valence-electron chi connectivity index (χ3n) is 2.95. The van der Waals surface area contributed by atoms with Crippen LogP contribution in [-0.2, 0) is 4.79 Å². The van der Waals surface area contributed by atoms with Crippen LogP contribution in [0.4, 0.5) is 0 Å². The van der Waals surface area contributed by atoms with Crippen LogP contribution in [-0.4, -0.2) is 21.5 Å². The van der Waals surface area contributed by atoms with Gasteiger partial charge in [-0.05, 0) is 12.8 Å². The van der Waals surface area contributed by atoms with Crippen molar-refractivity contribution in [3.63, 3.8) is 0 Å². The summed E-state index contributed by atoms with van der Waals surface area (Å²) < 4.78 is 0. The number of amides is 1. The van der Waals surface area contributed by atoms with Gasteiger partial charge in [0.1, 0.15) is 0 Å². The lowest BCUT2D eigenvalue weighted by molar-refractivity contribution is -0.288. The lowest BCUT2D eigenvalue weighted by Gasteiger charge is -2.15. The molecule has 0 aliphatic rings. The maximum absolute atomic E-state index is 11.3. The zero-order valence-electron chi connectivity index (χ0n) is 10.5. The summed E-state index contributed by atoms with van der Waals surface area (Å²) in [6.07, 6.45) is 8.50. The molecule has 16 heavy (non-hydrogen) atoms. The second kappa shape index (κ2) is 9.60. The minimum Gasteiger partial charge on any atom is -0.270 e. The fourth-order valence-corrected chi connectivity index (χ4v) is 1.84. The lowest BCUT2D eigenvalue weighted by Crippen LogP contribution is -2.30. The van der Waals surface area contributed by atoms with Crippen molar-refractivity contribution >= 4 is 5.91 Å². The average Bonchev–Trinajstić information content (AvgIpc) is 2.27. The third kappa shape index (κ3) is 6.80. The van der Waals surface area contributed by atoms with E-state index in [-0.39, 0.29) is 11.1 Å². The molecule has 96 valence electrons. The molecule has 0 aliphatic carbocycles. The molecule has 0 spiro atoms. The van der Waals surface area contributed by atoms with Gasteiger partial charge < -0.3 is 0 Å². The Hall–Kier alpha value is -0.610. The Morgan fingerprint density at radius 3 is 2.12 bits per heavy atom. The standard InChI is InChI=1S/C12H25NO3/c1-3-5-6-7-8-9-10-11(4-2)12(14)13(15)16/h11,15-16H,3-10H2,1-2H3. The van der Waals surface area contributed by atoms with Gasteiger partial charge in [-0.1, -0.05) is 57.6 Å². The lowest BCUT2D eigenvalue weighted by atomic mass is 9.97. The molecular weight excluding hydrogens is 206 g/mol. The topological polar surface area (TPSA) is 60.8 Å². The fourth-order valence-electron chi connectivity index (χ4n) is 1.84. The molecule has 0 bridgehead atoms. The van der Waals surface area contributed by atoms with E-state index in [1.807, 2.05) is 6.92 Å². The van der Waals surface area contributed by atoms with Crippen molar-refractivity contribution in [2.45, 2.75) is 65.2 Å². The van der Waals surface area contributed by atoms with Crippen molar-refractivity contribution < 1.29 is 15.2 Å². The Labute approximate surface area is 98.2 Å². The first-order chi connectivity index (χ1) is 7.63. The summed E-state index contributed by atoms with van der Waals surface area (Å²) in [6, 6.07) is 0. The number of rotatable bonds is 9. The van der Waals surface area contributed by atoms with E-state index in [1.165, 1.54) is 25.7 Å². The Balaban J connectivity index is 3.59. The minimum atomic E-state index is -0.587. The van der Waals surface area contributed by atoms with Gasteiger partial charge in [-0.3, -0.25) is 15.2 Å². The monoisotopic (exact) mass is 231 g/mol. The Bertz CT molecular complexity index is 183. The van der Waals surface area contributed by atoms with Crippen molar-refractivity contribution in [1.29, 1.82) is 0 Å². The molecular formula is C12H25NO3. The number of nitrogens with zero attached hydrogens (tertiary/aromatic N) is 1. The summed E-state index contributed by atoms with van der Waals surface area (Å²) >= 11 is 0. The molecule has 0 fully saturated rings. The first-order valence-electron chi connectivity index (χ1n) is 6.35. The fraction of sp³-hybridized carbons (Fsp3) is 0.917. The molecule has 0 heterocycles. The van der Waals surface area contributed by atoms with Crippen molar-refractivity contribution in [3.05, 3.63) is 0 Å². The van der Waals surface area contributed by atoms with E-state index in [1.54, 1.807) is 0 Å². The second-order valence-electron chi connectivity index (χ2n) is 4.29. The van der Waals surface area contributed by atoms with Gasteiger partial charge in [0.15, 0.2) is 0 Å². The molecule has 0 aromatic carbocycles. The Morgan fingerprint density at radius 1 is 1.06 bits per heavy atom. The van der Waals surface area contributed by atoms with Crippen molar-refractivity contribution in [2.75, 3.05) is 0 Å². The molecule has 2 N–H and O–H groups in total. The van der Waals surface area contributed by atoms with Crippen LogP contribution in [0.3, 0.4) is 0 Å². The van der Waals surface area contributed by atoms with E-state index in [0.29, 0.717) is 6.42 Å². The highest BCUT2D eigenvalue weighted by atomic mass is 16.8. The number of carbonyl (C=O) groups is 1. The molecule has 0 aliphatic heterocycles. The summed E-state index contributed by atoms with van der Waals surface area (Å²) in [5.41, 5.74) is 0. The van der Waals surface area contributed by atoms with E-state index < -0.39 is 5.91 Å². The summed E-state index contributed by atoms with van der Waals surface area (Å²) in [7, 11) is 0. The third-order valence-corrected chi connectivity index (χ3v) is 2.95. The number of hydroxylamine groups is 2. The van der Waals surface area contributed by atoms with E-state index in [4.69, 9.17) is 10.4 Å². The maximum atomic E-state index is 11.3. The second-order valence-corrected chi connectivity index (χ2v) is 4.29. The predicted molar refractivity (Wildman–Crippen MR) is 62.2 cm³/mol. The Morgan fingerprint density at radius 2 is 1.62 bits per heavy atom. The van der Waals surface area contributed by atoms with Crippen LogP contribution < -0.4 is 0 Å². The van der Waals surface area contributed by atoms with Crippen LogP contribution >= 0.6 is 0 Å². The van der Waals surface area contributed by atoms with Crippen LogP contribution in [0, 0.1) is 5.92 Å². The van der Waals surface area contributed by atoms with Gasteiger partial charge >= 0.3 is 0 Å². The minimum absolute atomic E-state index is 0.249. The van der Waals surface area contributed by atoms with E-state index >= 15 is 0 Å². The molecule has 1 atom stereocenters. The molecule has 0 rings (SSSR count). The van der Waals surface area contributed by atoms with Gasteiger partial charge in [0.2, 0.25) is 0 Å². The van der Waals surface area contributed by atoms with Crippen molar-refractivity contribution in [2.24, 2.45) is 5.92 Å². The van der Waals surface area contributed by atoms with E-state index in [9.17, 15) is 4.79 Å². The molecule has 0 aromatic heterocycles. The average molecular weight is 231 g/mol. The molecule has 0 radical (unpaired) electrons. The highest BCUT2D eigenvalue weighted by molar-refractivity contribution is 5.76. The zero-order valence-corrected chi connectivity index (χ0v) is 10.5. The van der Waals surface area contributed by atoms with Gasteiger partial charge in [-0.2, -0.15) is 0 Å². The quantitative estimate of drug-likeness (QED) is 0.363. The van der Waals surface area contributed by atoms with Crippen molar-refractivity contribution in [3.8, 4) is 0 Å². The number of hydrogen-bond acceptors (Lipinski definition) is 3. The molecule has 0 aromatic rings. The largest absolute Gasteiger partial charge is 0.276 e. The number of hydrogen-bond donors (Lipinski definition) is 2. The van der Waals surface area contributed by atoms with Crippen LogP contribution in [0.25, 0.3) is 0 Å². The van der Waals surface area contributed by atoms with Crippen LogP contribution in [0.2, 0.25) is 0 Å². The number of unbranched alkanes of at least 4 members (excludes halogenated alkanes) is 5. The van der Waals surface area contributed by atoms with Crippen LogP contribution in [0.1, 0.15) is 65.2 Å². The molecule has 4 heteroatoms. The Kier molecular flexibility index (Phi) is 9.24. The molecule has 0 saturated carbocycles. The van der Waals surface area contributed by atoms with Crippen molar-refractivity contribution in [1.82, 2.24) is 5.23 Å². The summed E-state index contributed by atoms with van der Waals surface area (Å²) in [5, 5.41) is 17.0. The van der Waals surface area contributed by atoms with Gasteiger partial charge in [-0.25, -0.2) is 0 Å². The first kappa shape index (κ1) is 15.4. The highest BCUT2D eigenvalue weighted by Crippen LogP contribution is 2.16. The summed E-state index contributed by atoms with van der Waals surface area (Å²) in [6.45, 7) is 4.08. The predicted octanol–water partition coefficient (Wildman–Crippen LogP) is 3.37. The van der Waals surface area contributed by atoms with Gasteiger partial charge in [-0.15, -0.1) is 0 Å². The van der Waals surface area contributed by atoms with Gasteiger partial charge in [0, 0.05) is 5.92 Å². The molecule has 0 saturated heterocycles. The van der Waals surface area contributed by atoms with E-state index in [2.05, 4.69) is 6.92 Å². The van der Waals surface area contributed by atoms with Gasteiger partial charge in [0.05, 0.1) is 0 Å². The smallest absolute Gasteiger partial charge is 0.270 e. The zero-order chi connectivity index (χ0) is 12.4. The first-order valence-corrected chi connectivity index (χ1v) is 6.35. The summed E-state index contributed by atoms with van der Waals surface area (Å²) in [4.78, 5) is 11.3.